The third kappa shape index (κ3) is 27.2. The zero-order chi connectivity index (χ0) is 26.1. The van der Waals surface area contributed by atoms with Gasteiger partial charge in [0.2, 0.25) is 0 Å². The van der Waals surface area contributed by atoms with Crippen molar-refractivity contribution in [3.05, 3.63) is 0 Å². The minimum atomic E-state index is -0.875. The topological polar surface area (TPSA) is 120 Å². The summed E-state index contributed by atoms with van der Waals surface area (Å²) < 4.78 is 0. The average Bonchev–Trinajstić information content (AvgIpc) is 2.77. The molecule has 3 unspecified atom stereocenters. The van der Waals surface area contributed by atoms with Gasteiger partial charge in [0.1, 0.15) is 0 Å². The molecule has 0 aromatic rings. The largest absolute Gasteiger partial charge is 0.550 e. The van der Waals surface area contributed by atoms with Gasteiger partial charge in [-0.2, -0.15) is 0 Å². The molecular formula is C27H51O6V-3. The summed E-state index contributed by atoms with van der Waals surface area (Å²) in [6.07, 6.45) is 13.6. The summed E-state index contributed by atoms with van der Waals surface area (Å²) in [5.74, 6) is -3.25. The Morgan fingerprint density at radius 2 is 0.647 bits per heavy atom. The van der Waals surface area contributed by atoms with Crippen LogP contribution in [0, 0.1) is 17.8 Å². The van der Waals surface area contributed by atoms with E-state index in [1.807, 2.05) is 20.8 Å². The van der Waals surface area contributed by atoms with E-state index in [0.717, 1.165) is 96.3 Å². The Bertz CT molecular complexity index is 403. The van der Waals surface area contributed by atoms with Crippen LogP contribution in [0.4, 0.5) is 0 Å². The van der Waals surface area contributed by atoms with Gasteiger partial charge in [-0.1, -0.05) is 99.3 Å². The first-order chi connectivity index (χ1) is 15.7. The molecule has 1 radical (unpaired) electrons. The van der Waals surface area contributed by atoms with Gasteiger partial charge in [0.05, 0.1) is 0 Å². The van der Waals surface area contributed by atoms with Crippen molar-refractivity contribution < 1.29 is 48.3 Å². The smallest absolute Gasteiger partial charge is 0.0445 e. The van der Waals surface area contributed by atoms with Crippen molar-refractivity contribution in [2.24, 2.45) is 17.8 Å². The summed E-state index contributed by atoms with van der Waals surface area (Å²) in [7, 11) is 0. The maximum atomic E-state index is 10.5. The van der Waals surface area contributed by atoms with Gasteiger partial charge < -0.3 is 29.7 Å². The van der Waals surface area contributed by atoms with Crippen LogP contribution in [0.5, 0.6) is 0 Å². The fourth-order valence-electron chi connectivity index (χ4n) is 3.54. The summed E-state index contributed by atoms with van der Waals surface area (Å²) in [4.78, 5) is 31.5. The molecule has 3 atom stereocenters. The molecule has 0 bridgehead atoms. The second kappa shape index (κ2) is 30.0. The number of carbonyl (C=O) groups is 3. The van der Waals surface area contributed by atoms with Crippen LogP contribution in [0.1, 0.15) is 138 Å². The van der Waals surface area contributed by atoms with Crippen molar-refractivity contribution in [2.75, 3.05) is 0 Å². The number of aliphatic carboxylic acids is 3. The van der Waals surface area contributed by atoms with Crippen molar-refractivity contribution in [3.63, 3.8) is 0 Å². The van der Waals surface area contributed by atoms with E-state index >= 15 is 0 Å². The minimum Gasteiger partial charge on any atom is -0.550 e. The van der Waals surface area contributed by atoms with Crippen LogP contribution in [0.25, 0.3) is 0 Å². The van der Waals surface area contributed by atoms with Gasteiger partial charge >= 0.3 is 0 Å². The third-order valence-corrected chi connectivity index (χ3v) is 5.63. The van der Waals surface area contributed by atoms with Crippen LogP contribution in [0.3, 0.4) is 0 Å². The standard InChI is InChI=1S/3C9H18O2.V/c3*1-3-5-7-8(6-4-2)9(10)11;/h3*8H,3-7H2,1-2H3,(H,10,11);/p-3. The normalized spacial score (nSPS) is 12.5. The molecule has 0 aromatic heterocycles. The molecule has 0 aliphatic heterocycles. The van der Waals surface area contributed by atoms with Crippen molar-refractivity contribution in [1.29, 1.82) is 0 Å². The molecule has 0 spiro atoms. The van der Waals surface area contributed by atoms with E-state index in [2.05, 4.69) is 20.8 Å². The number of rotatable bonds is 18. The maximum Gasteiger partial charge on any atom is 0.0445 e. The number of carboxylic acid groups (broad SMARTS) is 3. The summed E-state index contributed by atoms with van der Waals surface area (Å²) in [5.41, 5.74) is 0. The van der Waals surface area contributed by atoms with Gasteiger partial charge in [0.25, 0.3) is 0 Å². The Kier molecular flexibility index (Phi) is 35.5. The molecule has 0 saturated heterocycles. The van der Waals surface area contributed by atoms with Crippen LogP contribution in [0.2, 0.25) is 0 Å². The molecule has 0 aliphatic rings. The van der Waals surface area contributed by atoms with E-state index in [9.17, 15) is 29.7 Å². The van der Waals surface area contributed by atoms with Crippen molar-refractivity contribution in [2.45, 2.75) is 138 Å². The number of hydrogen-bond donors (Lipinski definition) is 0. The number of carboxylic acids is 3. The molecule has 0 amide bonds. The van der Waals surface area contributed by atoms with Crippen molar-refractivity contribution in [3.8, 4) is 0 Å². The number of unbranched alkanes of at least 4 members (excludes halogenated alkanes) is 3. The quantitative estimate of drug-likeness (QED) is 0.268. The molecule has 0 N–H and O–H groups in total. The monoisotopic (exact) mass is 522 g/mol. The minimum absolute atomic E-state index is 0. The molecule has 0 heterocycles. The molecule has 0 aliphatic carbocycles. The summed E-state index contributed by atoms with van der Waals surface area (Å²) in [6.45, 7) is 12.2. The van der Waals surface area contributed by atoms with Gasteiger partial charge in [-0.15, -0.1) is 0 Å². The third-order valence-electron chi connectivity index (χ3n) is 5.63. The Hall–Kier alpha value is -1.01. The molecule has 203 valence electrons. The molecule has 7 heteroatoms. The molecule has 34 heavy (non-hydrogen) atoms. The Morgan fingerprint density at radius 1 is 0.441 bits per heavy atom. The summed E-state index contributed by atoms with van der Waals surface area (Å²) in [5, 5.41) is 31.5. The van der Waals surface area contributed by atoms with Crippen LogP contribution in [-0.4, -0.2) is 17.9 Å². The van der Waals surface area contributed by atoms with Gasteiger partial charge in [0.15, 0.2) is 0 Å². The Balaban J connectivity index is -0.000000196. The average molecular weight is 523 g/mol. The van der Waals surface area contributed by atoms with E-state index in [-0.39, 0.29) is 36.3 Å². The molecule has 0 fully saturated rings. The molecule has 0 rings (SSSR count). The second-order valence-corrected chi connectivity index (χ2v) is 8.84. The zero-order valence-electron chi connectivity index (χ0n) is 22.7. The second-order valence-electron chi connectivity index (χ2n) is 8.84. The van der Waals surface area contributed by atoms with Gasteiger partial charge in [0, 0.05) is 36.5 Å². The van der Waals surface area contributed by atoms with E-state index in [1.165, 1.54) is 0 Å². The number of hydrogen-bond acceptors (Lipinski definition) is 6. The van der Waals surface area contributed by atoms with Gasteiger partial charge in [-0.05, 0) is 56.3 Å². The predicted molar refractivity (Wildman–Crippen MR) is 129 cm³/mol. The molecule has 0 saturated carbocycles. The van der Waals surface area contributed by atoms with Crippen molar-refractivity contribution in [1.82, 2.24) is 0 Å². The predicted octanol–water partition coefficient (Wildman–Crippen LogP) is 4.03. The first-order valence-electron chi connectivity index (χ1n) is 13.3. The van der Waals surface area contributed by atoms with E-state index in [4.69, 9.17) is 0 Å². The van der Waals surface area contributed by atoms with Gasteiger partial charge in [-0.25, -0.2) is 0 Å². The maximum absolute atomic E-state index is 10.5. The number of carbonyl (C=O) groups excluding carboxylic acids is 3. The van der Waals surface area contributed by atoms with Crippen LogP contribution in [-0.2, 0) is 32.9 Å². The van der Waals surface area contributed by atoms with Gasteiger partial charge in [-0.3, -0.25) is 0 Å². The molecular weight excluding hydrogens is 471 g/mol. The van der Waals surface area contributed by atoms with Crippen molar-refractivity contribution >= 4 is 17.9 Å². The van der Waals surface area contributed by atoms with E-state index in [0.29, 0.717) is 0 Å². The van der Waals surface area contributed by atoms with E-state index in [1.54, 1.807) is 0 Å². The fraction of sp³-hybridized carbons (Fsp3) is 0.889. The Labute approximate surface area is 221 Å². The Morgan fingerprint density at radius 3 is 0.765 bits per heavy atom. The van der Waals surface area contributed by atoms with E-state index < -0.39 is 17.9 Å². The summed E-state index contributed by atoms with van der Waals surface area (Å²) in [6, 6.07) is 0. The van der Waals surface area contributed by atoms with Crippen LogP contribution < -0.4 is 15.3 Å². The summed E-state index contributed by atoms with van der Waals surface area (Å²) >= 11 is 0. The van der Waals surface area contributed by atoms with Crippen LogP contribution in [0.15, 0.2) is 0 Å². The zero-order valence-corrected chi connectivity index (χ0v) is 24.1. The first kappa shape index (κ1) is 40.2. The molecule has 6 nitrogen and oxygen atoms in total. The molecule has 0 aromatic carbocycles. The first-order valence-corrected chi connectivity index (χ1v) is 13.3. The fourth-order valence-corrected chi connectivity index (χ4v) is 3.54. The SMILES string of the molecule is CCCCC(CCC)C(=O)[O-].CCCCC(CCC)C(=O)[O-].CCCCC(CCC)C(=O)[O-].[V]. The van der Waals surface area contributed by atoms with Crippen LogP contribution >= 0.6 is 0 Å².